The average Bonchev–Trinajstić information content (AvgIpc) is 2.34. The Morgan fingerprint density at radius 2 is 2.21 bits per heavy atom. The third kappa shape index (κ3) is 3.48. The number of benzene rings is 1. The fourth-order valence-corrected chi connectivity index (χ4v) is 2.96. The Labute approximate surface area is 119 Å². The Kier molecular flexibility index (Phi) is 4.48. The highest BCUT2D eigenvalue weighted by Gasteiger charge is 2.23. The first-order valence-corrected chi connectivity index (χ1v) is 7.11. The zero-order chi connectivity index (χ0) is 14.0. The molecule has 2 rings (SSSR count). The number of nitrogens with zero attached hydrogens (tertiary/aromatic N) is 1. The summed E-state index contributed by atoms with van der Waals surface area (Å²) in [5.41, 5.74) is 1.25. The largest absolute Gasteiger partial charge is 0.478 e. The van der Waals surface area contributed by atoms with Crippen LogP contribution in [-0.4, -0.2) is 28.6 Å². The molecule has 0 spiro atoms. The van der Waals surface area contributed by atoms with Gasteiger partial charge in [-0.25, -0.2) is 4.79 Å². The molecule has 19 heavy (non-hydrogen) atoms. The molecule has 0 bridgehead atoms. The number of rotatable bonds is 3. The maximum absolute atomic E-state index is 10.9. The zero-order valence-electron chi connectivity index (χ0n) is 11.4. The van der Waals surface area contributed by atoms with Gasteiger partial charge in [0.2, 0.25) is 0 Å². The molecule has 1 heterocycles. The number of hydrogen-bond acceptors (Lipinski definition) is 2. The van der Waals surface area contributed by atoms with Crippen LogP contribution in [0, 0.1) is 5.92 Å². The van der Waals surface area contributed by atoms with E-state index in [1.807, 2.05) is 6.07 Å². The first kappa shape index (κ1) is 14.4. The van der Waals surface area contributed by atoms with Crippen LogP contribution in [0.2, 0.25) is 5.02 Å². The van der Waals surface area contributed by atoms with Gasteiger partial charge in [-0.15, -0.1) is 0 Å². The normalized spacial score (nSPS) is 24.4. The fraction of sp³-hybridized carbons (Fsp3) is 0.533. The molecule has 3 nitrogen and oxygen atoms in total. The molecule has 2 unspecified atom stereocenters. The Bertz CT molecular complexity index is 475. The fourth-order valence-electron chi connectivity index (χ4n) is 2.72. The van der Waals surface area contributed by atoms with E-state index >= 15 is 0 Å². The summed E-state index contributed by atoms with van der Waals surface area (Å²) in [5, 5.41) is 9.47. The van der Waals surface area contributed by atoms with Crippen LogP contribution in [0.5, 0.6) is 0 Å². The van der Waals surface area contributed by atoms with E-state index in [1.165, 1.54) is 18.9 Å². The van der Waals surface area contributed by atoms with Gasteiger partial charge >= 0.3 is 5.97 Å². The van der Waals surface area contributed by atoms with Gasteiger partial charge in [-0.05, 0) is 49.9 Å². The average molecular weight is 282 g/mol. The highest BCUT2D eigenvalue weighted by atomic mass is 35.5. The van der Waals surface area contributed by atoms with Crippen LogP contribution in [0.25, 0.3) is 0 Å². The Hall–Kier alpha value is -1.06. The van der Waals surface area contributed by atoms with Crippen molar-refractivity contribution >= 4 is 17.6 Å². The molecule has 1 fully saturated rings. The van der Waals surface area contributed by atoms with Gasteiger partial charge in [0.05, 0.1) is 5.56 Å². The van der Waals surface area contributed by atoms with Gasteiger partial charge in [-0.1, -0.05) is 24.6 Å². The highest BCUT2D eigenvalue weighted by molar-refractivity contribution is 6.31. The van der Waals surface area contributed by atoms with Crippen molar-refractivity contribution in [2.45, 2.75) is 39.3 Å². The lowest BCUT2D eigenvalue weighted by Gasteiger charge is -2.36. The van der Waals surface area contributed by atoms with E-state index in [0.29, 0.717) is 11.1 Å². The van der Waals surface area contributed by atoms with Crippen molar-refractivity contribution in [1.29, 1.82) is 0 Å². The van der Waals surface area contributed by atoms with Crippen LogP contribution in [0.15, 0.2) is 18.2 Å². The van der Waals surface area contributed by atoms with Crippen LogP contribution in [0.3, 0.4) is 0 Å². The quantitative estimate of drug-likeness (QED) is 0.919. The van der Waals surface area contributed by atoms with Crippen LogP contribution in [0.1, 0.15) is 42.6 Å². The third-order valence-corrected chi connectivity index (χ3v) is 4.30. The first-order valence-electron chi connectivity index (χ1n) is 6.73. The topological polar surface area (TPSA) is 40.5 Å². The minimum Gasteiger partial charge on any atom is -0.478 e. The first-order chi connectivity index (χ1) is 8.97. The van der Waals surface area contributed by atoms with Crippen molar-refractivity contribution < 1.29 is 9.90 Å². The summed E-state index contributed by atoms with van der Waals surface area (Å²) < 4.78 is 0. The molecule has 0 saturated carbocycles. The van der Waals surface area contributed by atoms with E-state index in [4.69, 9.17) is 16.7 Å². The van der Waals surface area contributed by atoms with Crippen LogP contribution in [0.4, 0.5) is 0 Å². The van der Waals surface area contributed by atoms with Crippen molar-refractivity contribution in [3.8, 4) is 0 Å². The van der Waals surface area contributed by atoms with E-state index in [9.17, 15) is 4.79 Å². The number of hydrogen-bond donors (Lipinski definition) is 1. The second-order valence-electron chi connectivity index (χ2n) is 5.56. The van der Waals surface area contributed by atoms with E-state index in [1.54, 1.807) is 6.07 Å². The maximum Gasteiger partial charge on any atom is 0.335 e. The summed E-state index contributed by atoms with van der Waals surface area (Å²) in [5.74, 6) is -0.148. The summed E-state index contributed by atoms with van der Waals surface area (Å²) in [6, 6.07) is 5.55. The second-order valence-corrected chi connectivity index (χ2v) is 5.97. The molecule has 2 atom stereocenters. The lowest BCUT2D eigenvalue weighted by atomic mass is 9.93. The number of carbonyl (C=O) groups is 1. The number of carboxylic acid groups (broad SMARTS) is 1. The molecule has 0 radical (unpaired) electrons. The summed E-state index contributed by atoms with van der Waals surface area (Å²) in [6.45, 7) is 6.42. The van der Waals surface area contributed by atoms with E-state index in [0.717, 1.165) is 24.6 Å². The number of likely N-dealkylation sites (tertiary alicyclic amines) is 1. The van der Waals surface area contributed by atoms with Gasteiger partial charge in [0.1, 0.15) is 0 Å². The van der Waals surface area contributed by atoms with Crippen molar-refractivity contribution in [1.82, 2.24) is 4.90 Å². The molecule has 1 aliphatic rings. The molecule has 4 heteroatoms. The molecule has 0 aliphatic carbocycles. The molecular weight excluding hydrogens is 262 g/mol. The SMILES string of the molecule is CC1CCN(Cc2ccc(C(=O)O)cc2Cl)C(C)C1. The standard InChI is InChI=1S/C15H20ClNO2/c1-10-5-6-17(11(2)7-10)9-13-4-3-12(15(18)19)8-14(13)16/h3-4,8,10-11H,5-7,9H2,1-2H3,(H,18,19). The highest BCUT2D eigenvalue weighted by Crippen LogP contribution is 2.26. The Morgan fingerprint density at radius 1 is 1.47 bits per heavy atom. The lowest BCUT2D eigenvalue weighted by Crippen LogP contribution is -2.39. The number of aromatic carboxylic acids is 1. The molecule has 1 aromatic rings. The predicted octanol–water partition coefficient (Wildman–Crippen LogP) is 3.66. The summed E-state index contributed by atoms with van der Waals surface area (Å²) in [4.78, 5) is 13.3. The Balaban J connectivity index is 2.09. The van der Waals surface area contributed by atoms with Crippen molar-refractivity contribution in [2.75, 3.05) is 6.54 Å². The van der Waals surface area contributed by atoms with Crippen LogP contribution >= 0.6 is 11.6 Å². The molecule has 1 aliphatic heterocycles. The molecule has 0 aromatic heterocycles. The minimum absolute atomic E-state index is 0.245. The Morgan fingerprint density at radius 3 is 2.79 bits per heavy atom. The second kappa shape index (κ2) is 5.93. The van der Waals surface area contributed by atoms with Crippen molar-refractivity contribution in [3.05, 3.63) is 34.3 Å². The summed E-state index contributed by atoms with van der Waals surface area (Å²) in [7, 11) is 0. The predicted molar refractivity (Wildman–Crippen MR) is 76.7 cm³/mol. The van der Waals surface area contributed by atoms with Crippen LogP contribution in [-0.2, 0) is 6.54 Å². The third-order valence-electron chi connectivity index (χ3n) is 3.95. The lowest BCUT2D eigenvalue weighted by molar-refractivity contribution is 0.0696. The summed E-state index contributed by atoms with van der Waals surface area (Å²) >= 11 is 6.18. The van der Waals surface area contributed by atoms with Gasteiger partial charge < -0.3 is 5.11 Å². The molecule has 1 aromatic carbocycles. The summed E-state index contributed by atoms with van der Waals surface area (Å²) in [6.07, 6.45) is 2.43. The van der Waals surface area contributed by atoms with E-state index in [-0.39, 0.29) is 5.56 Å². The molecule has 1 saturated heterocycles. The van der Waals surface area contributed by atoms with Gasteiger partial charge in [0.15, 0.2) is 0 Å². The van der Waals surface area contributed by atoms with Gasteiger partial charge in [-0.3, -0.25) is 4.90 Å². The number of piperidine rings is 1. The zero-order valence-corrected chi connectivity index (χ0v) is 12.2. The molecule has 1 N–H and O–H groups in total. The van der Waals surface area contributed by atoms with Gasteiger partial charge in [-0.2, -0.15) is 0 Å². The molecular formula is C15H20ClNO2. The smallest absolute Gasteiger partial charge is 0.335 e. The minimum atomic E-state index is -0.936. The number of halogens is 1. The molecule has 0 amide bonds. The number of carboxylic acids is 1. The van der Waals surface area contributed by atoms with Crippen molar-refractivity contribution in [3.63, 3.8) is 0 Å². The van der Waals surface area contributed by atoms with E-state index < -0.39 is 5.97 Å². The van der Waals surface area contributed by atoms with Crippen molar-refractivity contribution in [2.24, 2.45) is 5.92 Å². The monoisotopic (exact) mass is 281 g/mol. The van der Waals surface area contributed by atoms with Gasteiger partial charge in [0.25, 0.3) is 0 Å². The van der Waals surface area contributed by atoms with E-state index in [2.05, 4.69) is 18.7 Å². The molecule has 104 valence electrons. The van der Waals surface area contributed by atoms with Crippen LogP contribution < -0.4 is 0 Å². The van der Waals surface area contributed by atoms with Gasteiger partial charge in [0, 0.05) is 17.6 Å². The maximum atomic E-state index is 10.9.